The van der Waals surface area contributed by atoms with Crippen molar-refractivity contribution in [1.29, 1.82) is 0 Å². The fraction of sp³-hybridized carbons (Fsp3) is 0.259. The van der Waals surface area contributed by atoms with Gasteiger partial charge in [-0.3, -0.25) is 9.59 Å². The number of benzene rings is 3. The van der Waals surface area contributed by atoms with E-state index in [0.29, 0.717) is 19.4 Å². The van der Waals surface area contributed by atoms with E-state index >= 15 is 0 Å². The lowest BCUT2D eigenvalue weighted by atomic mass is 10.1. The molecule has 0 saturated heterocycles. The second-order valence-electron chi connectivity index (χ2n) is 8.00. The molecule has 0 spiro atoms. The highest BCUT2D eigenvalue weighted by Crippen LogP contribution is 2.16. The largest absolute Gasteiger partial charge is 0.493 e. The molecule has 0 radical (unpaired) electrons. The van der Waals surface area contributed by atoms with Crippen molar-refractivity contribution in [2.24, 2.45) is 0 Å². The number of amides is 2. The molecule has 0 saturated carbocycles. The van der Waals surface area contributed by atoms with Crippen molar-refractivity contribution in [3.63, 3.8) is 0 Å². The smallest absolute Gasteiger partial charge is 0.243 e. The Kier molecular flexibility index (Phi) is 8.88. The van der Waals surface area contributed by atoms with Gasteiger partial charge in [0, 0.05) is 38.3 Å². The van der Waals surface area contributed by atoms with E-state index in [4.69, 9.17) is 4.74 Å². The van der Waals surface area contributed by atoms with Gasteiger partial charge < -0.3 is 20.3 Å². The monoisotopic (exact) mass is 445 g/mol. The second-order valence-corrected chi connectivity index (χ2v) is 8.00. The molecule has 3 aromatic rings. The van der Waals surface area contributed by atoms with Gasteiger partial charge in [-0.1, -0.05) is 42.5 Å². The molecule has 172 valence electrons. The van der Waals surface area contributed by atoms with Crippen LogP contribution in [0.1, 0.15) is 17.5 Å². The normalized spacial score (nSPS) is 10.4. The number of aryl methyl sites for hydroxylation is 1. The number of hydrogen-bond donors (Lipinski definition) is 2. The molecule has 0 aromatic heterocycles. The number of nitrogens with one attached hydrogen (secondary N) is 2. The summed E-state index contributed by atoms with van der Waals surface area (Å²) in [5.41, 5.74) is 3.82. The van der Waals surface area contributed by atoms with Gasteiger partial charge in [0.05, 0.1) is 13.2 Å². The summed E-state index contributed by atoms with van der Waals surface area (Å²) in [5.74, 6) is 0.742. The summed E-state index contributed by atoms with van der Waals surface area (Å²) >= 11 is 0. The third-order valence-electron chi connectivity index (χ3n) is 5.15. The van der Waals surface area contributed by atoms with Crippen molar-refractivity contribution in [2.75, 3.05) is 37.9 Å². The van der Waals surface area contributed by atoms with Gasteiger partial charge in [-0.15, -0.1) is 0 Å². The SMILES string of the molecule is CN(C)C(=O)CCc1cccc(NC(=O)CNc2ccc(OCCc3ccccc3)cc2)c1. The average Bonchev–Trinajstić information content (AvgIpc) is 2.83. The van der Waals surface area contributed by atoms with Gasteiger partial charge in [0.1, 0.15) is 5.75 Å². The first-order valence-electron chi connectivity index (χ1n) is 11.1. The van der Waals surface area contributed by atoms with Crippen LogP contribution in [0.15, 0.2) is 78.9 Å². The van der Waals surface area contributed by atoms with Crippen LogP contribution in [-0.4, -0.2) is 44.0 Å². The lowest BCUT2D eigenvalue weighted by molar-refractivity contribution is -0.128. The standard InChI is InChI=1S/C27H31N3O3/c1-30(2)27(32)16-11-22-9-6-10-24(19-22)29-26(31)20-28-23-12-14-25(15-13-23)33-18-17-21-7-4-3-5-8-21/h3-10,12-15,19,28H,11,16-18,20H2,1-2H3,(H,29,31). The van der Waals surface area contributed by atoms with Crippen LogP contribution in [0.25, 0.3) is 0 Å². The van der Waals surface area contributed by atoms with Crippen molar-refractivity contribution in [3.05, 3.63) is 90.0 Å². The molecule has 0 aliphatic heterocycles. The highest BCUT2D eigenvalue weighted by atomic mass is 16.5. The van der Waals surface area contributed by atoms with E-state index in [1.54, 1.807) is 19.0 Å². The Labute approximate surface area is 195 Å². The lowest BCUT2D eigenvalue weighted by Gasteiger charge is -2.11. The topological polar surface area (TPSA) is 70.7 Å². The lowest BCUT2D eigenvalue weighted by Crippen LogP contribution is -2.22. The van der Waals surface area contributed by atoms with E-state index in [-0.39, 0.29) is 18.4 Å². The van der Waals surface area contributed by atoms with Crippen LogP contribution in [0.4, 0.5) is 11.4 Å². The number of carbonyl (C=O) groups excluding carboxylic acids is 2. The average molecular weight is 446 g/mol. The number of hydrogen-bond acceptors (Lipinski definition) is 4. The van der Waals surface area contributed by atoms with Crippen molar-refractivity contribution in [3.8, 4) is 5.75 Å². The van der Waals surface area contributed by atoms with Gasteiger partial charge in [0.15, 0.2) is 0 Å². The van der Waals surface area contributed by atoms with Gasteiger partial charge in [-0.05, 0) is 53.9 Å². The quantitative estimate of drug-likeness (QED) is 0.460. The van der Waals surface area contributed by atoms with Gasteiger partial charge >= 0.3 is 0 Å². The Morgan fingerprint density at radius 1 is 0.818 bits per heavy atom. The minimum atomic E-state index is -0.139. The Morgan fingerprint density at radius 2 is 1.55 bits per heavy atom. The zero-order valence-corrected chi connectivity index (χ0v) is 19.2. The molecule has 2 N–H and O–H groups in total. The molecule has 0 atom stereocenters. The Balaban J connectivity index is 1.40. The second kappa shape index (κ2) is 12.3. The van der Waals surface area contributed by atoms with Crippen molar-refractivity contribution in [2.45, 2.75) is 19.3 Å². The highest BCUT2D eigenvalue weighted by Gasteiger charge is 2.07. The zero-order chi connectivity index (χ0) is 23.5. The van der Waals surface area contributed by atoms with E-state index in [1.165, 1.54) is 5.56 Å². The van der Waals surface area contributed by atoms with Gasteiger partial charge in [0.2, 0.25) is 11.8 Å². The predicted molar refractivity (Wildman–Crippen MR) is 133 cm³/mol. The van der Waals surface area contributed by atoms with E-state index in [2.05, 4.69) is 22.8 Å². The minimum Gasteiger partial charge on any atom is -0.493 e. The van der Waals surface area contributed by atoms with E-state index in [9.17, 15) is 9.59 Å². The molecule has 0 bridgehead atoms. The Bertz CT molecular complexity index is 1030. The van der Waals surface area contributed by atoms with Crippen molar-refractivity contribution >= 4 is 23.2 Å². The summed E-state index contributed by atoms with van der Waals surface area (Å²) < 4.78 is 5.80. The molecule has 3 rings (SSSR count). The first kappa shape index (κ1) is 23.9. The van der Waals surface area contributed by atoms with E-state index < -0.39 is 0 Å². The predicted octanol–water partition coefficient (Wildman–Crippen LogP) is 4.38. The number of carbonyl (C=O) groups is 2. The first-order chi connectivity index (χ1) is 16.0. The molecule has 0 aliphatic rings. The summed E-state index contributed by atoms with van der Waals surface area (Å²) in [5, 5.41) is 6.02. The fourth-order valence-corrected chi connectivity index (χ4v) is 3.27. The van der Waals surface area contributed by atoms with Gasteiger partial charge in [-0.25, -0.2) is 0 Å². The number of rotatable bonds is 11. The molecule has 6 heteroatoms. The van der Waals surface area contributed by atoms with Crippen LogP contribution in [0, 0.1) is 0 Å². The Morgan fingerprint density at radius 3 is 2.27 bits per heavy atom. The molecular weight excluding hydrogens is 414 g/mol. The van der Waals surface area contributed by atoms with Crippen LogP contribution in [0.2, 0.25) is 0 Å². The third-order valence-corrected chi connectivity index (χ3v) is 5.15. The minimum absolute atomic E-state index is 0.0845. The van der Waals surface area contributed by atoms with E-state index in [0.717, 1.165) is 29.1 Å². The molecule has 3 aromatic carbocycles. The number of anilines is 2. The maximum atomic E-state index is 12.3. The zero-order valence-electron chi connectivity index (χ0n) is 19.2. The molecule has 0 heterocycles. The van der Waals surface area contributed by atoms with Crippen molar-refractivity contribution < 1.29 is 14.3 Å². The van der Waals surface area contributed by atoms with Crippen LogP contribution in [0.5, 0.6) is 5.75 Å². The Hall–Kier alpha value is -3.80. The highest BCUT2D eigenvalue weighted by molar-refractivity contribution is 5.93. The van der Waals surface area contributed by atoms with Crippen LogP contribution >= 0.6 is 0 Å². The third kappa shape index (κ3) is 8.33. The molecule has 0 aliphatic carbocycles. The molecule has 0 unspecified atom stereocenters. The molecule has 6 nitrogen and oxygen atoms in total. The molecular formula is C27H31N3O3. The maximum absolute atomic E-state index is 12.3. The summed E-state index contributed by atoms with van der Waals surface area (Å²) in [6.07, 6.45) is 1.94. The molecule has 33 heavy (non-hydrogen) atoms. The maximum Gasteiger partial charge on any atom is 0.243 e. The van der Waals surface area contributed by atoms with Gasteiger partial charge in [-0.2, -0.15) is 0 Å². The van der Waals surface area contributed by atoms with E-state index in [1.807, 2.05) is 66.7 Å². The summed E-state index contributed by atoms with van der Waals surface area (Å²) in [6, 6.07) is 25.4. The van der Waals surface area contributed by atoms with Crippen molar-refractivity contribution in [1.82, 2.24) is 4.90 Å². The molecule has 0 fully saturated rings. The number of nitrogens with zero attached hydrogens (tertiary/aromatic N) is 1. The summed E-state index contributed by atoms with van der Waals surface area (Å²) in [6.45, 7) is 0.763. The summed E-state index contributed by atoms with van der Waals surface area (Å²) in [4.78, 5) is 25.7. The van der Waals surface area contributed by atoms with Crippen LogP contribution in [0.3, 0.4) is 0 Å². The fourth-order valence-electron chi connectivity index (χ4n) is 3.27. The number of ether oxygens (including phenoxy) is 1. The van der Waals surface area contributed by atoms with Gasteiger partial charge in [0.25, 0.3) is 0 Å². The van der Waals surface area contributed by atoms with Crippen LogP contribution in [-0.2, 0) is 22.4 Å². The summed E-state index contributed by atoms with van der Waals surface area (Å²) in [7, 11) is 3.50. The van der Waals surface area contributed by atoms with Crippen LogP contribution < -0.4 is 15.4 Å². The molecule has 2 amide bonds. The first-order valence-corrected chi connectivity index (χ1v) is 11.1.